The molecular formula is C26H16Cl3F3N2O4S. The summed E-state index contributed by atoms with van der Waals surface area (Å²) in [5.74, 6) is -1.19. The lowest BCUT2D eigenvalue weighted by molar-refractivity contribution is -0.137. The first-order chi connectivity index (χ1) is 18.4. The van der Waals surface area contributed by atoms with Crippen LogP contribution in [0.1, 0.15) is 16.7 Å². The molecule has 1 N–H and O–H groups in total. The number of anilines is 1. The fraction of sp³-hybridized carbons (Fsp3) is 0.115. The predicted molar refractivity (Wildman–Crippen MR) is 145 cm³/mol. The number of amides is 3. The third-order valence-corrected chi connectivity index (χ3v) is 7.09. The molecule has 1 aliphatic heterocycles. The van der Waals surface area contributed by atoms with Crippen LogP contribution in [0.25, 0.3) is 6.08 Å². The maximum absolute atomic E-state index is 12.9. The zero-order valence-electron chi connectivity index (χ0n) is 19.5. The van der Waals surface area contributed by atoms with Gasteiger partial charge in [0.2, 0.25) is 5.91 Å². The topological polar surface area (TPSA) is 75.7 Å². The van der Waals surface area contributed by atoms with Gasteiger partial charge in [-0.3, -0.25) is 19.3 Å². The van der Waals surface area contributed by atoms with Gasteiger partial charge >= 0.3 is 6.18 Å². The van der Waals surface area contributed by atoms with E-state index < -0.39 is 35.3 Å². The Labute approximate surface area is 239 Å². The minimum atomic E-state index is -4.59. The van der Waals surface area contributed by atoms with Crippen molar-refractivity contribution in [2.75, 3.05) is 11.9 Å². The Morgan fingerprint density at radius 2 is 1.77 bits per heavy atom. The Morgan fingerprint density at radius 3 is 2.46 bits per heavy atom. The molecule has 6 nitrogen and oxygen atoms in total. The Bertz CT molecular complexity index is 1500. The van der Waals surface area contributed by atoms with Gasteiger partial charge in [-0.15, -0.1) is 0 Å². The molecule has 0 aliphatic carbocycles. The smallest absolute Gasteiger partial charge is 0.416 e. The lowest BCUT2D eigenvalue weighted by Crippen LogP contribution is -2.36. The molecule has 3 amide bonds. The third-order valence-electron chi connectivity index (χ3n) is 5.30. The fourth-order valence-electron chi connectivity index (χ4n) is 3.42. The first kappa shape index (κ1) is 28.8. The number of alkyl halides is 3. The van der Waals surface area contributed by atoms with E-state index in [1.54, 1.807) is 30.3 Å². The molecule has 0 aromatic heterocycles. The summed E-state index contributed by atoms with van der Waals surface area (Å²) in [5, 5.41) is 2.75. The van der Waals surface area contributed by atoms with E-state index in [2.05, 4.69) is 5.32 Å². The minimum absolute atomic E-state index is 0.0459. The highest BCUT2D eigenvalue weighted by atomic mass is 35.5. The van der Waals surface area contributed by atoms with Crippen LogP contribution >= 0.6 is 46.6 Å². The molecule has 1 fully saturated rings. The number of thioether (sulfide) groups is 1. The molecule has 4 rings (SSSR count). The number of hydrogen-bond donors (Lipinski definition) is 1. The third kappa shape index (κ3) is 7.27. The van der Waals surface area contributed by atoms with Gasteiger partial charge in [0, 0.05) is 21.3 Å². The number of nitrogens with one attached hydrogen (secondary N) is 1. The van der Waals surface area contributed by atoms with Gasteiger partial charge < -0.3 is 10.1 Å². The van der Waals surface area contributed by atoms with E-state index in [1.165, 1.54) is 18.2 Å². The van der Waals surface area contributed by atoms with Crippen molar-refractivity contribution >= 4 is 75.4 Å². The molecule has 0 spiro atoms. The second-order valence-electron chi connectivity index (χ2n) is 8.11. The number of imide groups is 1. The molecule has 202 valence electrons. The maximum Gasteiger partial charge on any atom is 0.416 e. The van der Waals surface area contributed by atoms with Gasteiger partial charge in [0.15, 0.2) is 0 Å². The zero-order chi connectivity index (χ0) is 28.3. The van der Waals surface area contributed by atoms with Gasteiger partial charge in [0.25, 0.3) is 11.1 Å². The molecule has 0 saturated carbocycles. The van der Waals surface area contributed by atoms with E-state index >= 15 is 0 Å². The number of carbonyl (C=O) groups excluding carboxylic acids is 3. The van der Waals surface area contributed by atoms with Gasteiger partial charge in [0.05, 0.1) is 15.5 Å². The summed E-state index contributed by atoms with van der Waals surface area (Å²) < 4.78 is 44.4. The average molecular weight is 616 g/mol. The van der Waals surface area contributed by atoms with Crippen molar-refractivity contribution in [3.63, 3.8) is 0 Å². The van der Waals surface area contributed by atoms with E-state index in [4.69, 9.17) is 39.5 Å². The molecule has 1 heterocycles. The van der Waals surface area contributed by atoms with E-state index in [9.17, 15) is 27.6 Å². The number of rotatable bonds is 7. The van der Waals surface area contributed by atoms with Crippen molar-refractivity contribution in [2.45, 2.75) is 12.8 Å². The number of ether oxygens (including phenoxy) is 1. The van der Waals surface area contributed by atoms with Crippen molar-refractivity contribution in [2.24, 2.45) is 0 Å². The summed E-state index contributed by atoms with van der Waals surface area (Å²) in [6.45, 7) is -0.532. The summed E-state index contributed by atoms with van der Waals surface area (Å²) in [6, 6.07) is 13.8. The fourth-order valence-corrected chi connectivity index (χ4v) is 4.97. The van der Waals surface area contributed by atoms with Gasteiger partial charge in [-0.1, -0.05) is 53.0 Å². The maximum atomic E-state index is 12.9. The first-order valence-corrected chi connectivity index (χ1v) is 12.9. The lowest BCUT2D eigenvalue weighted by atomic mass is 10.2. The molecule has 0 atom stereocenters. The molecule has 3 aromatic rings. The second kappa shape index (κ2) is 11.9. The highest BCUT2D eigenvalue weighted by molar-refractivity contribution is 8.18. The number of hydrogen-bond acceptors (Lipinski definition) is 5. The highest BCUT2D eigenvalue weighted by Crippen LogP contribution is 2.35. The van der Waals surface area contributed by atoms with Gasteiger partial charge in [0.1, 0.15) is 18.9 Å². The molecule has 3 aromatic carbocycles. The van der Waals surface area contributed by atoms with Crippen LogP contribution in [0.2, 0.25) is 15.1 Å². The summed E-state index contributed by atoms with van der Waals surface area (Å²) in [4.78, 5) is 38.3. The molecular weight excluding hydrogens is 600 g/mol. The van der Waals surface area contributed by atoms with E-state index in [-0.39, 0.29) is 22.2 Å². The Morgan fingerprint density at radius 1 is 1.00 bits per heavy atom. The van der Waals surface area contributed by atoms with Gasteiger partial charge in [-0.25, -0.2) is 0 Å². The van der Waals surface area contributed by atoms with Gasteiger partial charge in [-0.05, 0) is 65.9 Å². The lowest BCUT2D eigenvalue weighted by Gasteiger charge is -2.13. The number of carbonyl (C=O) groups is 3. The van der Waals surface area contributed by atoms with Crippen LogP contribution in [0.3, 0.4) is 0 Å². The molecule has 0 radical (unpaired) electrons. The van der Waals surface area contributed by atoms with Crippen molar-refractivity contribution < 1.29 is 32.3 Å². The van der Waals surface area contributed by atoms with E-state index in [1.807, 2.05) is 0 Å². The van der Waals surface area contributed by atoms with Crippen LogP contribution < -0.4 is 10.1 Å². The monoisotopic (exact) mass is 614 g/mol. The molecule has 13 heteroatoms. The van der Waals surface area contributed by atoms with Crippen LogP contribution in [0.5, 0.6) is 5.75 Å². The van der Waals surface area contributed by atoms with Crippen LogP contribution in [0.4, 0.5) is 23.7 Å². The number of halogens is 6. The second-order valence-corrected chi connectivity index (χ2v) is 10.4. The van der Waals surface area contributed by atoms with Crippen molar-refractivity contribution in [1.82, 2.24) is 4.90 Å². The summed E-state index contributed by atoms with van der Waals surface area (Å²) in [5.41, 5.74) is 0.133. The highest BCUT2D eigenvalue weighted by Gasteiger charge is 2.36. The number of nitrogens with zero attached hydrogens (tertiary/aromatic N) is 1. The summed E-state index contributed by atoms with van der Waals surface area (Å²) >= 11 is 19.0. The van der Waals surface area contributed by atoms with Crippen LogP contribution in [0.15, 0.2) is 65.6 Å². The Kier molecular flexibility index (Phi) is 8.80. The molecule has 39 heavy (non-hydrogen) atoms. The average Bonchev–Trinajstić information content (AvgIpc) is 3.11. The summed E-state index contributed by atoms with van der Waals surface area (Å²) in [6.07, 6.45) is -3.16. The normalized spacial score (nSPS) is 14.7. The number of benzene rings is 3. The quantitative estimate of drug-likeness (QED) is 0.273. The van der Waals surface area contributed by atoms with Crippen LogP contribution in [-0.4, -0.2) is 28.5 Å². The van der Waals surface area contributed by atoms with E-state index in [0.717, 1.165) is 18.2 Å². The van der Waals surface area contributed by atoms with Crippen LogP contribution in [-0.2, 0) is 22.4 Å². The first-order valence-electron chi connectivity index (χ1n) is 11.0. The summed E-state index contributed by atoms with van der Waals surface area (Å²) in [7, 11) is 0. The van der Waals surface area contributed by atoms with Crippen molar-refractivity contribution in [3.05, 3.63) is 97.3 Å². The van der Waals surface area contributed by atoms with E-state index in [0.29, 0.717) is 43.6 Å². The zero-order valence-corrected chi connectivity index (χ0v) is 22.6. The van der Waals surface area contributed by atoms with Crippen LogP contribution in [0, 0.1) is 0 Å². The Balaban J connectivity index is 1.40. The predicted octanol–water partition coefficient (Wildman–Crippen LogP) is 7.92. The van der Waals surface area contributed by atoms with Crippen molar-refractivity contribution in [3.8, 4) is 5.75 Å². The molecule has 0 bridgehead atoms. The minimum Gasteiger partial charge on any atom is -0.487 e. The SMILES string of the molecule is O=C(CN1C(=O)S/C(=C\c2ccc(OCc3ccc(Cl)cc3Cl)c(Cl)c2)C1=O)Nc1cccc(C(F)(F)F)c1. The molecule has 1 aliphatic rings. The van der Waals surface area contributed by atoms with Gasteiger partial charge in [-0.2, -0.15) is 13.2 Å². The molecule has 0 unspecified atom stereocenters. The molecule has 1 saturated heterocycles. The Hall–Kier alpha value is -3.18. The largest absolute Gasteiger partial charge is 0.487 e. The van der Waals surface area contributed by atoms with Crippen molar-refractivity contribution in [1.29, 1.82) is 0 Å². The standard InChI is InChI=1S/C26H16Cl3F3N2O4S/c27-17-6-5-15(19(28)11-17)13-38-21-7-4-14(8-20(21)29)9-22-24(36)34(25(37)39-22)12-23(35)33-18-3-1-2-16(10-18)26(30,31)32/h1-11H,12-13H2,(H,33,35)/b22-9-.